The summed E-state index contributed by atoms with van der Waals surface area (Å²) >= 11 is 1.15. The van der Waals surface area contributed by atoms with Gasteiger partial charge in [0.15, 0.2) is 5.16 Å². The lowest BCUT2D eigenvalue weighted by Crippen LogP contribution is -2.20. The van der Waals surface area contributed by atoms with Gasteiger partial charge in [-0.25, -0.2) is 14.7 Å². The van der Waals surface area contributed by atoms with E-state index in [-0.39, 0.29) is 17.3 Å². The third-order valence-corrected chi connectivity index (χ3v) is 4.69. The lowest BCUT2D eigenvalue weighted by molar-refractivity contribution is -0.113. The number of ether oxygens (including phenoxy) is 2. The molecule has 2 rings (SSSR count). The van der Waals surface area contributed by atoms with Crippen molar-refractivity contribution in [2.75, 3.05) is 31.9 Å². The number of carbonyl (C=O) groups excluding carboxylic acids is 2. The fraction of sp³-hybridized carbons (Fsp3) is 0.412. The van der Waals surface area contributed by atoms with Gasteiger partial charge in [0.1, 0.15) is 0 Å². The Bertz CT molecular complexity index is 861. The number of nitrogens with zero attached hydrogens (tertiary/aromatic N) is 2. The van der Waals surface area contributed by atoms with Crippen molar-refractivity contribution in [2.24, 2.45) is 0 Å². The molecule has 0 aliphatic rings. The number of thioether (sulfide) groups is 1. The second-order valence-corrected chi connectivity index (χ2v) is 6.61. The van der Waals surface area contributed by atoms with Crippen LogP contribution < -0.4 is 11.0 Å². The van der Waals surface area contributed by atoms with Crippen LogP contribution in [0.3, 0.4) is 0 Å². The first-order valence-electron chi connectivity index (χ1n) is 8.22. The Morgan fingerprint density at radius 1 is 1.33 bits per heavy atom. The summed E-state index contributed by atoms with van der Waals surface area (Å²) in [5, 5.41) is 9.53. The molecule has 10 heteroatoms. The lowest BCUT2D eigenvalue weighted by atomic mass is 10.1. The van der Waals surface area contributed by atoms with Crippen LogP contribution in [-0.4, -0.2) is 53.2 Å². The van der Waals surface area contributed by atoms with Gasteiger partial charge in [0.2, 0.25) is 5.91 Å². The van der Waals surface area contributed by atoms with E-state index in [1.165, 1.54) is 11.7 Å². The van der Waals surface area contributed by atoms with Gasteiger partial charge in [-0.15, -0.1) is 5.10 Å². The van der Waals surface area contributed by atoms with Gasteiger partial charge in [-0.05, 0) is 31.0 Å². The normalized spacial score (nSPS) is 10.6. The molecule has 2 aromatic rings. The van der Waals surface area contributed by atoms with Gasteiger partial charge in [0.05, 0.1) is 18.4 Å². The number of amides is 1. The molecule has 0 spiro atoms. The van der Waals surface area contributed by atoms with Gasteiger partial charge in [0.25, 0.3) is 0 Å². The molecule has 0 saturated carbocycles. The number of aryl methyl sites for hydroxylation is 1. The molecule has 0 saturated heterocycles. The average molecular weight is 394 g/mol. The summed E-state index contributed by atoms with van der Waals surface area (Å²) in [5.74, 6) is -0.684. The van der Waals surface area contributed by atoms with Crippen LogP contribution in [0.5, 0.6) is 0 Å². The van der Waals surface area contributed by atoms with Crippen molar-refractivity contribution in [3.05, 3.63) is 39.8 Å². The number of hydrogen-bond donors (Lipinski definition) is 2. The molecule has 0 radical (unpaired) electrons. The quantitative estimate of drug-likeness (QED) is 0.375. The van der Waals surface area contributed by atoms with E-state index < -0.39 is 5.97 Å². The van der Waals surface area contributed by atoms with Crippen LogP contribution in [0.25, 0.3) is 0 Å². The topological polar surface area (TPSA) is 115 Å². The molecule has 0 bridgehead atoms. The number of benzene rings is 1. The van der Waals surface area contributed by atoms with Crippen LogP contribution in [0.4, 0.5) is 5.69 Å². The zero-order valence-electron chi connectivity index (χ0n) is 15.4. The SMILES string of the molecule is COCCCn1c(SCC(=O)Nc2cc(C(=O)OC)ccc2C)n[nH]c1=O. The van der Waals surface area contributed by atoms with Crippen molar-refractivity contribution in [3.8, 4) is 0 Å². The molecule has 27 heavy (non-hydrogen) atoms. The first-order chi connectivity index (χ1) is 13.0. The molecule has 0 atom stereocenters. The predicted molar refractivity (Wildman–Crippen MR) is 101 cm³/mol. The largest absolute Gasteiger partial charge is 0.465 e. The van der Waals surface area contributed by atoms with Crippen molar-refractivity contribution >= 4 is 29.3 Å². The Kier molecular flexibility index (Phi) is 7.62. The summed E-state index contributed by atoms with van der Waals surface area (Å²) in [6.45, 7) is 2.80. The van der Waals surface area contributed by atoms with Crippen molar-refractivity contribution in [1.29, 1.82) is 0 Å². The van der Waals surface area contributed by atoms with E-state index in [1.54, 1.807) is 25.3 Å². The predicted octanol–water partition coefficient (Wildman–Crippen LogP) is 1.43. The molecule has 0 unspecified atom stereocenters. The van der Waals surface area contributed by atoms with Crippen LogP contribution in [0.15, 0.2) is 28.2 Å². The average Bonchev–Trinajstić information content (AvgIpc) is 3.01. The first-order valence-corrected chi connectivity index (χ1v) is 9.20. The van der Waals surface area contributed by atoms with E-state index in [0.29, 0.717) is 36.0 Å². The Labute approximate surface area is 160 Å². The Morgan fingerprint density at radius 2 is 2.11 bits per heavy atom. The molecule has 1 amide bonds. The highest BCUT2D eigenvalue weighted by Crippen LogP contribution is 2.19. The number of carbonyl (C=O) groups is 2. The van der Waals surface area contributed by atoms with Crippen molar-refractivity contribution in [2.45, 2.75) is 25.0 Å². The van der Waals surface area contributed by atoms with E-state index in [0.717, 1.165) is 17.3 Å². The fourth-order valence-corrected chi connectivity index (χ4v) is 3.07. The van der Waals surface area contributed by atoms with E-state index in [2.05, 4.69) is 20.3 Å². The number of aromatic nitrogens is 3. The van der Waals surface area contributed by atoms with Crippen molar-refractivity contribution < 1.29 is 19.1 Å². The highest BCUT2D eigenvalue weighted by Gasteiger charge is 2.13. The number of aromatic amines is 1. The Hall–Kier alpha value is -2.59. The summed E-state index contributed by atoms with van der Waals surface area (Å²) in [4.78, 5) is 35.7. The van der Waals surface area contributed by atoms with E-state index >= 15 is 0 Å². The number of esters is 1. The molecule has 0 fully saturated rings. The number of hydrogen-bond acceptors (Lipinski definition) is 7. The maximum absolute atomic E-state index is 12.3. The molecule has 1 aromatic heterocycles. The standard InChI is InChI=1S/C17H22N4O5S/c1-11-5-6-12(15(23)26-3)9-13(11)18-14(22)10-27-17-20-19-16(24)21(17)7-4-8-25-2/h5-6,9H,4,7-8,10H2,1-3H3,(H,18,22)(H,19,24). The minimum absolute atomic E-state index is 0.0659. The highest BCUT2D eigenvalue weighted by molar-refractivity contribution is 7.99. The van der Waals surface area contributed by atoms with Gasteiger partial charge in [-0.1, -0.05) is 17.8 Å². The van der Waals surface area contributed by atoms with Crippen molar-refractivity contribution in [1.82, 2.24) is 14.8 Å². The lowest BCUT2D eigenvalue weighted by Gasteiger charge is -2.10. The second-order valence-electron chi connectivity index (χ2n) is 5.67. The van der Waals surface area contributed by atoms with E-state index in [9.17, 15) is 14.4 Å². The summed E-state index contributed by atoms with van der Waals surface area (Å²) in [6.07, 6.45) is 0.662. The zero-order valence-corrected chi connectivity index (χ0v) is 16.2. The minimum atomic E-state index is -0.475. The number of methoxy groups -OCH3 is 2. The Morgan fingerprint density at radius 3 is 2.81 bits per heavy atom. The molecule has 0 aliphatic heterocycles. The number of rotatable bonds is 9. The summed E-state index contributed by atoms with van der Waals surface area (Å²) in [5.41, 5.74) is 1.38. The first kappa shape index (κ1) is 20.7. The van der Waals surface area contributed by atoms with Crippen LogP contribution >= 0.6 is 11.8 Å². The Balaban J connectivity index is 1.99. The molecule has 2 N–H and O–H groups in total. The molecular weight excluding hydrogens is 372 g/mol. The smallest absolute Gasteiger partial charge is 0.343 e. The maximum atomic E-state index is 12.3. The molecule has 0 aliphatic carbocycles. The van der Waals surface area contributed by atoms with Crippen LogP contribution in [0.1, 0.15) is 22.3 Å². The molecular formula is C17H22N4O5S. The third-order valence-electron chi connectivity index (χ3n) is 3.72. The van der Waals surface area contributed by atoms with Gasteiger partial charge < -0.3 is 14.8 Å². The van der Waals surface area contributed by atoms with Gasteiger partial charge in [0, 0.05) is 25.9 Å². The molecule has 9 nitrogen and oxygen atoms in total. The molecule has 1 heterocycles. The van der Waals surface area contributed by atoms with Crippen LogP contribution in [0.2, 0.25) is 0 Å². The molecule has 146 valence electrons. The zero-order chi connectivity index (χ0) is 19.8. The van der Waals surface area contributed by atoms with Crippen LogP contribution in [0, 0.1) is 6.92 Å². The highest BCUT2D eigenvalue weighted by atomic mass is 32.2. The maximum Gasteiger partial charge on any atom is 0.343 e. The van der Waals surface area contributed by atoms with Gasteiger partial charge in [-0.2, -0.15) is 0 Å². The van der Waals surface area contributed by atoms with E-state index in [1.807, 2.05) is 6.92 Å². The van der Waals surface area contributed by atoms with Crippen molar-refractivity contribution in [3.63, 3.8) is 0 Å². The summed E-state index contributed by atoms with van der Waals surface area (Å²) < 4.78 is 11.1. The van der Waals surface area contributed by atoms with E-state index in [4.69, 9.17) is 4.74 Å². The number of H-pyrrole nitrogens is 1. The monoisotopic (exact) mass is 394 g/mol. The number of nitrogens with one attached hydrogen (secondary N) is 2. The minimum Gasteiger partial charge on any atom is -0.465 e. The molecule has 1 aromatic carbocycles. The van der Waals surface area contributed by atoms with Crippen LogP contribution in [-0.2, 0) is 20.8 Å². The summed E-state index contributed by atoms with van der Waals surface area (Å²) in [7, 11) is 2.89. The number of anilines is 1. The second kappa shape index (κ2) is 9.93. The van der Waals surface area contributed by atoms with Gasteiger partial charge >= 0.3 is 11.7 Å². The summed E-state index contributed by atoms with van der Waals surface area (Å²) in [6, 6.07) is 4.93. The third kappa shape index (κ3) is 5.69. The van der Waals surface area contributed by atoms with Gasteiger partial charge in [-0.3, -0.25) is 9.36 Å². The fourth-order valence-electron chi connectivity index (χ4n) is 2.30.